The van der Waals surface area contributed by atoms with E-state index in [0.29, 0.717) is 18.0 Å². The Morgan fingerprint density at radius 3 is 2.94 bits per heavy atom. The predicted molar refractivity (Wildman–Crippen MR) is 68.8 cm³/mol. The van der Waals surface area contributed by atoms with Gasteiger partial charge in [0, 0.05) is 18.2 Å². The third-order valence-electron chi connectivity index (χ3n) is 3.58. The van der Waals surface area contributed by atoms with Gasteiger partial charge in [0.15, 0.2) is 0 Å². The molecule has 0 bridgehead atoms. The van der Waals surface area contributed by atoms with Crippen LogP contribution in [0.15, 0.2) is 18.2 Å². The molecular weight excluding hydrogens is 231 g/mol. The van der Waals surface area contributed by atoms with E-state index in [1.807, 2.05) is 0 Å². The lowest BCUT2D eigenvalue weighted by atomic mass is 10.1. The summed E-state index contributed by atoms with van der Waals surface area (Å²) >= 11 is 0. The van der Waals surface area contributed by atoms with Crippen molar-refractivity contribution in [1.29, 1.82) is 0 Å². The number of carbonyl (C=O) groups is 1. The molecule has 2 atom stereocenters. The van der Waals surface area contributed by atoms with Crippen molar-refractivity contribution in [3.8, 4) is 0 Å². The van der Waals surface area contributed by atoms with Gasteiger partial charge in [0.05, 0.1) is 0 Å². The molecule has 1 fully saturated rings. The van der Waals surface area contributed by atoms with Gasteiger partial charge in [-0.05, 0) is 49.8 Å². The van der Waals surface area contributed by atoms with Crippen LogP contribution in [0.3, 0.4) is 0 Å². The van der Waals surface area contributed by atoms with Crippen LogP contribution in [0.5, 0.6) is 0 Å². The van der Waals surface area contributed by atoms with Crippen LogP contribution in [-0.4, -0.2) is 18.5 Å². The molecule has 0 saturated heterocycles. The van der Waals surface area contributed by atoms with E-state index < -0.39 is 0 Å². The maximum Gasteiger partial charge on any atom is 0.251 e. The van der Waals surface area contributed by atoms with Crippen molar-refractivity contribution in [2.45, 2.75) is 32.2 Å². The molecule has 1 aliphatic rings. The Bertz CT molecular complexity index is 447. The second-order valence-electron chi connectivity index (χ2n) is 5.11. The first-order valence-electron chi connectivity index (χ1n) is 6.36. The summed E-state index contributed by atoms with van der Waals surface area (Å²) < 4.78 is 13.1. The summed E-state index contributed by atoms with van der Waals surface area (Å²) in [6.07, 6.45) is 3.05. The quantitative estimate of drug-likeness (QED) is 0.862. The molecule has 0 aliphatic heterocycles. The smallest absolute Gasteiger partial charge is 0.251 e. The van der Waals surface area contributed by atoms with Gasteiger partial charge in [-0.3, -0.25) is 4.79 Å². The van der Waals surface area contributed by atoms with Crippen LogP contribution in [0, 0.1) is 18.7 Å². The highest BCUT2D eigenvalue weighted by Gasteiger charge is 2.22. The van der Waals surface area contributed by atoms with Crippen molar-refractivity contribution in [3.63, 3.8) is 0 Å². The number of hydrogen-bond acceptors (Lipinski definition) is 2. The van der Waals surface area contributed by atoms with Gasteiger partial charge < -0.3 is 11.1 Å². The first-order valence-corrected chi connectivity index (χ1v) is 6.36. The molecule has 0 heterocycles. The van der Waals surface area contributed by atoms with Gasteiger partial charge in [-0.15, -0.1) is 0 Å². The van der Waals surface area contributed by atoms with Crippen LogP contribution < -0.4 is 11.1 Å². The van der Waals surface area contributed by atoms with Gasteiger partial charge in [0.1, 0.15) is 5.82 Å². The summed E-state index contributed by atoms with van der Waals surface area (Å²) in [5, 5.41) is 2.87. The number of hydrogen-bond donors (Lipinski definition) is 2. The van der Waals surface area contributed by atoms with E-state index in [4.69, 9.17) is 5.73 Å². The SMILES string of the molecule is Cc1ccc(F)cc1C(=O)NCC1CCC(N)C1. The summed E-state index contributed by atoms with van der Waals surface area (Å²) in [6.45, 7) is 2.43. The number of amides is 1. The van der Waals surface area contributed by atoms with Crippen LogP contribution in [0.1, 0.15) is 35.2 Å². The number of carbonyl (C=O) groups excluding carboxylic acids is 1. The molecule has 3 N–H and O–H groups in total. The monoisotopic (exact) mass is 250 g/mol. The topological polar surface area (TPSA) is 55.1 Å². The van der Waals surface area contributed by atoms with Gasteiger partial charge in [0.2, 0.25) is 0 Å². The molecule has 0 spiro atoms. The van der Waals surface area contributed by atoms with Crippen molar-refractivity contribution in [3.05, 3.63) is 35.1 Å². The third kappa shape index (κ3) is 3.07. The maximum atomic E-state index is 13.1. The molecule has 3 nitrogen and oxygen atoms in total. The number of nitrogens with two attached hydrogens (primary N) is 1. The fourth-order valence-electron chi connectivity index (χ4n) is 2.47. The lowest BCUT2D eigenvalue weighted by Gasteiger charge is -2.12. The standard InChI is InChI=1S/C14H19FN2O/c1-9-2-4-11(15)7-13(9)14(18)17-8-10-3-5-12(16)6-10/h2,4,7,10,12H,3,5-6,8,16H2,1H3,(H,17,18). The number of rotatable bonds is 3. The predicted octanol–water partition coefficient (Wildman–Crippen LogP) is 1.99. The van der Waals surface area contributed by atoms with Gasteiger partial charge >= 0.3 is 0 Å². The molecule has 1 aromatic rings. The molecule has 4 heteroatoms. The van der Waals surface area contributed by atoms with E-state index in [1.54, 1.807) is 13.0 Å². The molecule has 0 aromatic heterocycles. The van der Waals surface area contributed by atoms with Crippen LogP contribution in [0.25, 0.3) is 0 Å². The van der Waals surface area contributed by atoms with Crippen LogP contribution in [0.4, 0.5) is 4.39 Å². The van der Waals surface area contributed by atoms with Crippen molar-refractivity contribution < 1.29 is 9.18 Å². The lowest BCUT2D eigenvalue weighted by molar-refractivity contribution is 0.0946. The zero-order chi connectivity index (χ0) is 13.1. The fraction of sp³-hybridized carbons (Fsp3) is 0.500. The second-order valence-corrected chi connectivity index (χ2v) is 5.11. The number of halogens is 1. The number of nitrogens with one attached hydrogen (secondary N) is 1. The van der Waals surface area contributed by atoms with Crippen LogP contribution in [-0.2, 0) is 0 Å². The van der Waals surface area contributed by atoms with Gasteiger partial charge in [-0.1, -0.05) is 6.07 Å². The highest BCUT2D eigenvalue weighted by atomic mass is 19.1. The van der Waals surface area contributed by atoms with Gasteiger partial charge in [0.25, 0.3) is 5.91 Å². The van der Waals surface area contributed by atoms with Crippen molar-refractivity contribution in [1.82, 2.24) is 5.32 Å². The first-order chi connectivity index (χ1) is 8.56. The Morgan fingerprint density at radius 1 is 1.50 bits per heavy atom. The maximum absolute atomic E-state index is 13.1. The second kappa shape index (κ2) is 5.48. The molecular formula is C14H19FN2O. The van der Waals surface area contributed by atoms with E-state index in [-0.39, 0.29) is 17.8 Å². The molecule has 2 rings (SSSR count). The van der Waals surface area contributed by atoms with E-state index in [1.165, 1.54) is 12.1 Å². The molecule has 1 aromatic carbocycles. The zero-order valence-corrected chi connectivity index (χ0v) is 10.6. The highest BCUT2D eigenvalue weighted by Crippen LogP contribution is 2.23. The Balaban J connectivity index is 1.93. The van der Waals surface area contributed by atoms with Crippen molar-refractivity contribution >= 4 is 5.91 Å². The Morgan fingerprint density at radius 2 is 2.28 bits per heavy atom. The van der Waals surface area contributed by atoms with Gasteiger partial charge in [-0.2, -0.15) is 0 Å². The minimum Gasteiger partial charge on any atom is -0.352 e. The van der Waals surface area contributed by atoms with E-state index >= 15 is 0 Å². The third-order valence-corrected chi connectivity index (χ3v) is 3.58. The molecule has 2 unspecified atom stereocenters. The summed E-state index contributed by atoms with van der Waals surface area (Å²) in [5.74, 6) is -0.126. The minimum absolute atomic E-state index is 0.201. The zero-order valence-electron chi connectivity index (χ0n) is 10.6. The summed E-state index contributed by atoms with van der Waals surface area (Å²) in [7, 11) is 0. The Kier molecular flexibility index (Phi) is 3.97. The van der Waals surface area contributed by atoms with E-state index in [2.05, 4.69) is 5.32 Å². The van der Waals surface area contributed by atoms with Crippen LogP contribution >= 0.6 is 0 Å². The van der Waals surface area contributed by atoms with Crippen LogP contribution in [0.2, 0.25) is 0 Å². The fourth-order valence-corrected chi connectivity index (χ4v) is 2.47. The number of aryl methyl sites for hydroxylation is 1. The largest absolute Gasteiger partial charge is 0.352 e. The normalized spacial score (nSPS) is 23.1. The number of benzene rings is 1. The lowest BCUT2D eigenvalue weighted by Crippen LogP contribution is -2.29. The molecule has 98 valence electrons. The molecule has 1 amide bonds. The Hall–Kier alpha value is -1.42. The van der Waals surface area contributed by atoms with Crippen molar-refractivity contribution in [2.75, 3.05) is 6.54 Å². The average Bonchev–Trinajstić information content (AvgIpc) is 2.75. The van der Waals surface area contributed by atoms with Gasteiger partial charge in [-0.25, -0.2) is 4.39 Å². The van der Waals surface area contributed by atoms with E-state index in [9.17, 15) is 9.18 Å². The molecule has 0 radical (unpaired) electrons. The van der Waals surface area contributed by atoms with E-state index in [0.717, 1.165) is 24.8 Å². The van der Waals surface area contributed by atoms with Crippen molar-refractivity contribution in [2.24, 2.45) is 11.7 Å². The molecule has 1 saturated carbocycles. The summed E-state index contributed by atoms with van der Waals surface area (Å²) in [5.41, 5.74) is 7.03. The highest BCUT2D eigenvalue weighted by molar-refractivity contribution is 5.95. The minimum atomic E-state index is -0.381. The Labute approximate surface area is 107 Å². The first kappa shape index (κ1) is 13.0. The molecule has 1 aliphatic carbocycles. The summed E-state index contributed by atoms with van der Waals surface area (Å²) in [6, 6.07) is 4.53. The average molecular weight is 250 g/mol. The molecule has 18 heavy (non-hydrogen) atoms. The summed E-state index contributed by atoms with van der Waals surface area (Å²) in [4.78, 5) is 11.9.